The van der Waals surface area contributed by atoms with E-state index in [1.807, 2.05) is 6.20 Å². The Hall–Kier alpha value is -0.910. The fourth-order valence-electron chi connectivity index (χ4n) is 10.4. The average Bonchev–Trinajstić information content (AvgIpc) is 3.48. The SMILES string of the molecule is CC(C)CCC[C@@H](C)[C@H]1CC[C@H]2[C@@H]3C[C@@H](NCCc4cnc[nH]4)[C@]4(O)C[C@@H](O)CC[C@]4(C)[C@H]3CC[C@]12C. The van der Waals surface area contributed by atoms with Crippen LogP contribution in [0.4, 0.5) is 0 Å². The molecule has 1 aromatic heterocycles. The Balaban J connectivity index is 1.36. The number of aromatic nitrogens is 2. The Morgan fingerprint density at radius 3 is 2.62 bits per heavy atom. The molecular weight excluding hydrogens is 458 g/mol. The summed E-state index contributed by atoms with van der Waals surface area (Å²) in [5.41, 5.74) is 0.618. The molecule has 0 bridgehead atoms. The molecule has 0 spiro atoms. The van der Waals surface area contributed by atoms with Gasteiger partial charge in [-0.2, -0.15) is 0 Å². The third-order valence-electron chi connectivity index (χ3n) is 12.4. The summed E-state index contributed by atoms with van der Waals surface area (Å²) in [5.74, 6) is 4.49. The second-order valence-corrected chi connectivity index (χ2v) is 14.7. The number of nitrogens with zero attached hydrogens (tertiary/aromatic N) is 1. The first-order valence-electron chi connectivity index (χ1n) is 15.7. The van der Waals surface area contributed by atoms with E-state index < -0.39 is 5.60 Å². The molecule has 4 aliphatic rings. The molecule has 0 amide bonds. The van der Waals surface area contributed by atoms with Crippen molar-refractivity contribution >= 4 is 0 Å². The summed E-state index contributed by atoms with van der Waals surface area (Å²) >= 11 is 0. The van der Waals surface area contributed by atoms with Crippen molar-refractivity contribution in [3.63, 3.8) is 0 Å². The van der Waals surface area contributed by atoms with Crippen LogP contribution in [0.3, 0.4) is 0 Å². The van der Waals surface area contributed by atoms with Crippen LogP contribution in [-0.2, 0) is 6.42 Å². The van der Waals surface area contributed by atoms with Crippen molar-refractivity contribution in [3.05, 3.63) is 18.2 Å². The van der Waals surface area contributed by atoms with Crippen LogP contribution in [-0.4, -0.2) is 44.5 Å². The van der Waals surface area contributed by atoms with Crippen molar-refractivity contribution in [2.75, 3.05) is 6.54 Å². The summed E-state index contributed by atoms with van der Waals surface area (Å²) in [6.45, 7) is 13.1. The highest BCUT2D eigenvalue weighted by Crippen LogP contribution is 2.69. The molecule has 4 fully saturated rings. The van der Waals surface area contributed by atoms with Crippen LogP contribution < -0.4 is 5.32 Å². The van der Waals surface area contributed by atoms with E-state index in [1.54, 1.807) is 6.33 Å². The van der Waals surface area contributed by atoms with Crippen molar-refractivity contribution in [3.8, 4) is 0 Å². The van der Waals surface area contributed by atoms with Gasteiger partial charge in [-0.05, 0) is 85.9 Å². The van der Waals surface area contributed by atoms with E-state index in [-0.39, 0.29) is 17.6 Å². The van der Waals surface area contributed by atoms with E-state index in [0.29, 0.717) is 23.7 Å². The lowest BCUT2D eigenvalue weighted by Gasteiger charge is -2.66. The number of rotatable bonds is 9. The molecule has 4 saturated carbocycles. The molecule has 0 aromatic carbocycles. The summed E-state index contributed by atoms with van der Waals surface area (Å²) in [6.07, 6.45) is 16.9. The van der Waals surface area contributed by atoms with Gasteiger partial charge in [0.1, 0.15) is 0 Å². The molecule has 4 aliphatic carbocycles. The van der Waals surface area contributed by atoms with Gasteiger partial charge in [0.05, 0.1) is 18.0 Å². The standard InChI is InChI=1S/C32H55N3O2/c1-21(2)7-6-8-22(3)26-9-10-27-25-17-29(34-16-13-23-19-33-20-35-23)32(37)18-24(36)11-15-31(32,5)28(25)12-14-30(26,27)4/h19-22,24-29,34,36-37H,6-18H2,1-5H3,(H,33,35)/t22-,24+,25+,26-,27+,28+,29-,30-,31-,32-/m1/s1. The zero-order valence-electron chi connectivity index (χ0n) is 24.3. The lowest BCUT2D eigenvalue weighted by molar-refractivity contribution is -0.234. The van der Waals surface area contributed by atoms with Crippen LogP contribution in [0.15, 0.2) is 12.5 Å². The lowest BCUT2D eigenvalue weighted by Crippen LogP contribution is -2.71. The number of imidazole rings is 1. The van der Waals surface area contributed by atoms with Gasteiger partial charge in [0.15, 0.2) is 0 Å². The Morgan fingerprint density at radius 2 is 1.89 bits per heavy atom. The van der Waals surface area contributed by atoms with Gasteiger partial charge >= 0.3 is 0 Å². The Morgan fingerprint density at radius 1 is 1.08 bits per heavy atom. The third-order valence-corrected chi connectivity index (χ3v) is 12.4. The van der Waals surface area contributed by atoms with Crippen molar-refractivity contribution in [1.29, 1.82) is 0 Å². The second-order valence-electron chi connectivity index (χ2n) is 14.7. The van der Waals surface area contributed by atoms with Gasteiger partial charge in [-0.15, -0.1) is 0 Å². The number of aliphatic hydroxyl groups is 2. The average molecular weight is 514 g/mol. The summed E-state index contributed by atoms with van der Waals surface area (Å²) < 4.78 is 0. The van der Waals surface area contributed by atoms with Gasteiger partial charge in [0, 0.05) is 42.7 Å². The highest BCUT2D eigenvalue weighted by atomic mass is 16.3. The van der Waals surface area contributed by atoms with Gasteiger partial charge in [-0.3, -0.25) is 0 Å². The molecule has 0 saturated heterocycles. The summed E-state index contributed by atoms with van der Waals surface area (Å²) in [4.78, 5) is 7.39. The van der Waals surface area contributed by atoms with E-state index in [0.717, 1.165) is 61.6 Å². The second kappa shape index (κ2) is 10.6. The fraction of sp³-hybridized carbons (Fsp3) is 0.906. The highest BCUT2D eigenvalue weighted by Gasteiger charge is 2.67. The van der Waals surface area contributed by atoms with Crippen LogP contribution in [0.5, 0.6) is 0 Å². The molecule has 37 heavy (non-hydrogen) atoms. The molecule has 4 N–H and O–H groups in total. The van der Waals surface area contributed by atoms with Crippen LogP contribution in [0.25, 0.3) is 0 Å². The maximum Gasteiger partial charge on any atom is 0.0921 e. The minimum absolute atomic E-state index is 0.0430. The maximum atomic E-state index is 12.4. The molecule has 1 aromatic rings. The summed E-state index contributed by atoms with van der Waals surface area (Å²) in [7, 11) is 0. The first-order chi connectivity index (χ1) is 17.6. The highest BCUT2D eigenvalue weighted by molar-refractivity contribution is 5.18. The van der Waals surface area contributed by atoms with Crippen LogP contribution >= 0.6 is 0 Å². The fourth-order valence-corrected chi connectivity index (χ4v) is 10.4. The van der Waals surface area contributed by atoms with Gasteiger partial charge in [0.25, 0.3) is 0 Å². The van der Waals surface area contributed by atoms with E-state index in [4.69, 9.17) is 0 Å². The molecule has 0 radical (unpaired) electrons. The van der Waals surface area contributed by atoms with Crippen molar-refractivity contribution in [1.82, 2.24) is 15.3 Å². The van der Waals surface area contributed by atoms with E-state index >= 15 is 0 Å². The van der Waals surface area contributed by atoms with Crippen molar-refractivity contribution < 1.29 is 10.2 Å². The van der Waals surface area contributed by atoms with Crippen LogP contribution in [0.2, 0.25) is 0 Å². The van der Waals surface area contributed by atoms with Crippen LogP contribution in [0.1, 0.15) is 111 Å². The largest absolute Gasteiger partial charge is 0.393 e. The van der Waals surface area contributed by atoms with E-state index in [2.05, 4.69) is 49.9 Å². The van der Waals surface area contributed by atoms with E-state index in [9.17, 15) is 10.2 Å². The first kappa shape index (κ1) is 27.6. The molecule has 0 unspecified atom stereocenters. The van der Waals surface area contributed by atoms with E-state index in [1.165, 1.54) is 44.9 Å². The Labute approximate surface area is 226 Å². The minimum atomic E-state index is -0.838. The smallest absolute Gasteiger partial charge is 0.0921 e. The number of nitrogens with one attached hydrogen (secondary N) is 2. The summed E-state index contributed by atoms with van der Waals surface area (Å²) in [5, 5.41) is 27.0. The van der Waals surface area contributed by atoms with Gasteiger partial charge in [-0.1, -0.05) is 53.9 Å². The quantitative estimate of drug-likeness (QED) is 0.321. The van der Waals surface area contributed by atoms with Gasteiger partial charge < -0.3 is 20.5 Å². The predicted octanol–water partition coefficient (Wildman–Crippen LogP) is 6.12. The molecule has 210 valence electrons. The molecular formula is C32H55N3O2. The number of fused-ring (bicyclic) bond motifs is 5. The van der Waals surface area contributed by atoms with Crippen LogP contribution in [0, 0.1) is 46.3 Å². The number of aliphatic hydroxyl groups excluding tert-OH is 1. The maximum absolute atomic E-state index is 12.4. The van der Waals surface area contributed by atoms with Gasteiger partial charge in [0.2, 0.25) is 0 Å². The Kier molecular flexibility index (Phi) is 7.90. The molecule has 10 atom stereocenters. The topological polar surface area (TPSA) is 81.2 Å². The third kappa shape index (κ3) is 4.84. The predicted molar refractivity (Wildman–Crippen MR) is 150 cm³/mol. The lowest BCUT2D eigenvalue weighted by atomic mass is 9.42. The number of hydrogen-bond donors (Lipinski definition) is 4. The molecule has 5 rings (SSSR count). The molecule has 5 nitrogen and oxygen atoms in total. The number of H-pyrrole nitrogens is 1. The zero-order chi connectivity index (χ0) is 26.4. The van der Waals surface area contributed by atoms with Crippen molar-refractivity contribution in [2.24, 2.45) is 46.3 Å². The Bertz CT molecular complexity index is 889. The first-order valence-corrected chi connectivity index (χ1v) is 15.7. The number of aromatic amines is 1. The molecule has 1 heterocycles. The van der Waals surface area contributed by atoms with Gasteiger partial charge in [-0.25, -0.2) is 4.98 Å². The minimum Gasteiger partial charge on any atom is -0.393 e. The zero-order valence-corrected chi connectivity index (χ0v) is 24.3. The molecule has 5 heteroatoms. The molecule has 0 aliphatic heterocycles. The summed E-state index contributed by atoms with van der Waals surface area (Å²) in [6, 6.07) is 0.0430. The monoisotopic (exact) mass is 513 g/mol. The normalized spacial score (nSPS) is 44.3. The van der Waals surface area contributed by atoms with Crippen molar-refractivity contribution in [2.45, 2.75) is 129 Å². The number of hydrogen-bond acceptors (Lipinski definition) is 4.